The van der Waals surface area contributed by atoms with E-state index in [1.165, 1.54) is 0 Å². The zero-order valence-corrected chi connectivity index (χ0v) is 10.7. The van der Waals surface area contributed by atoms with E-state index in [9.17, 15) is 4.79 Å². The molecule has 0 rings (SSSR count). The minimum atomic E-state index is -0.587. The Labute approximate surface area is 93.5 Å². The summed E-state index contributed by atoms with van der Waals surface area (Å²) < 4.78 is 10.3. The van der Waals surface area contributed by atoms with Crippen LogP contribution < -0.4 is 0 Å². The lowest BCUT2D eigenvalue weighted by atomic mass is 10.5. The lowest BCUT2D eigenvalue weighted by molar-refractivity contribution is 0.0353. The Kier molecular flexibility index (Phi) is 6.68. The number of carbonyl (C=O) groups excluding carboxylic acids is 1. The Morgan fingerprint density at radius 2 is 2.00 bits per heavy atom. The normalized spacial score (nSPS) is 12.8. The highest BCUT2D eigenvalue weighted by Crippen LogP contribution is 2.08. The highest BCUT2D eigenvalue weighted by atomic mass is 127. The zero-order valence-electron chi connectivity index (χ0n) is 6.34. The predicted octanol–water partition coefficient (Wildman–Crippen LogP) is 2.74. The first-order chi connectivity index (χ1) is 5.06. The Bertz CT molecular complexity index is 127. The second-order valence-electron chi connectivity index (χ2n) is 2.10. The topological polar surface area (TPSA) is 35.5 Å². The average Bonchev–Trinajstić information content (AvgIpc) is 1.85. The van der Waals surface area contributed by atoms with Crippen LogP contribution in [0, 0.1) is 0 Å². The SMILES string of the molecule is CC(C)OC(=O)OC(I)CI. The average molecular weight is 384 g/mol. The van der Waals surface area contributed by atoms with Gasteiger partial charge in [-0.1, -0.05) is 22.6 Å². The van der Waals surface area contributed by atoms with E-state index < -0.39 is 6.16 Å². The molecule has 0 bridgehead atoms. The van der Waals surface area contributed by atoms with Crippen LogP contribution in [0.25, 0.3) is 0 Å². The molecule has 0 aromatic rings. The molecule has 0 amide bonds. The number of hydrogen-bond donors (Lipinski definition) is 0. The molecular formula is C6H10I2O3. The number of halogens is 2. The van der Waals surface area contributed by atoms with Crippen molar-refractivity contribution in [1.29, 1.82) is 0 Å². The lowest BCUT2D eigenvalue weighted by Gasteiger charge is -2.10. The van der Waals surface area contributed by atoms with E-state index in [0.717, 1.165) is 4.43 Å². The van der Waals surface area contributed by atoms with Crippen LogP contribution >= 0.6 is 45.2 Å². The van der Waals surface area contributed by atoms with Gasteiger partial charge in [-0.05, 0) is 36.4 Å². The Balaban J connectivity index is 3.52. The monoisotopic (exact) mass is 384 g/mol. The number of carbonyl (C=O) groups is 1. The van der Waals surface area contributed by atoms with Gasteiger partial charge in [-0.2, -0.15) is 0 Å². The minimum absolute atomic E-state index is 0.0977. The Morgan fingerprint density at radius 3 is 2.36 bits per heavy atom. The van der Waals surface area contributed by atoms with E-state index in [-0.39, 0.29) is 10.2 Å². The molecule has 0 heterocycles. The summed E-state index contributed by atoms with van der Waals surface area (Å²) in [6.07, 6.45) is -0.698. The van der Waals surface area contributed by atoms with Crippen molar-refractivity contribution >= 4 is 51.3 Å². The van der Waals surface area contributed by atoms with Crippen LogP contribution in [0.1, 0.15) is 13.8 Å². The molecule has 0 fully saturated rings. The van der Waals surface area contributed by atoms with Crippen molar-refractivity contribution in [2.24, 2.45) is 0 Å². The van der Waals surface area contributed by atoms with Crippen LogP contribution in [0.3, 0.4) is 0 Å². The first kappa shape index (κ1) is 11.7. The van der Waals surface area contributed by atoms with Crippen molar-refractivity contribution in [2.75, 3.05) is 4.43 Å². The summed E-state index contributed by atoms with van der Waals surface area (Å²) in [5.74, 6) is 0. The van der Waals surface area contributed by atoms with Crippen LogP contribution in [0.15, 0.2) is 0 Å². The van der Waals surface area contributed by atoms with Crippen LogP contribution in [0.5, 0.6) is 0 Å². The molecule has 66 valence electrons. The first-order valence-corrected chi connectivity index (χ1v) is 5.90. The molecule has 0 saturated carbocycles. The molecule has 0 saturated heterocycles. The molecule has 11 heavy (non-hydrogen) atoms. The molecule has 0 aromatic heterocycles. The summed E-state index contributed by atoms with van der Waals surface area (Å²) in [5, 5.41) is 0. The standard InChI is InChI=1S/C6H10I2O3/c1-4(2)10-6(9)11-5(8)3-7/h4-5H,3H2,1-2H3. The fourth-order valence-corrected chi connectivity index (χ4v) is 0.744. The zero-order chi connectivity index (χ0) is 8.85. The van der Waals surface area contributed by atoms with Gasteiger partial charge in [0, 0.05) is 4.43 Å². The van der Waals surface area contributed by atoms with Gasteiger partial charge in [-0.15, -0.1) is 0 Å². The summed E-state index contributed by atoms with van der Waals surface area (Å²) in [7, 11) is 0. The summed E-state index contributed by atoms with van der Waals surface area (Å²) in [6.45, 7) is 3.57. The van der Waals surface area contributed by atoms with Gasteiger partial charge in [-0.25, -0.2) is 4.79 Å². The summed E-state index contributed by atoms with van der Waals surface area (Å²) >= 11 is 4.18. The van der Waals surface area contributed by atoms with E-state index >= 15 is 0 Å². The van der Waals surface area contributed by atoms with Crippen molar-refractivity contribution in [3.05, 3.63) is 0 Å². The van der Waals surface area contributed by atoms with E-state index in [1.807, 2.05) is 22.6 Å². The van der Waals surface area contributed by atoms with Gasteiger partial charge in [-0.3, -0.25) is 0 Å². The lowest BCUT2D eigenvalue weighted by Crippen LogP contribution is -2.17. The molecular weight excluding hydrogens is 374 g/mol. The molecule has 3 nitrogen and oxygen atoms in total. The van der Waals surface area contributed by atoms with Gasteiger partial charge in [0.05, 0.1) is 6.10 Å². The van der Waals surface area contributed by atoms with Crippen molar-refractivity contribution in [3.63, 3.8) is 0 Å². The molecule has 0 spiro atoms. The fraction of sp³-hybridized carbons (Fsp3) is 0.833. The van der Waals surface area contributed by atoms with E-state index in [1.54, 1.807) is 13.8 Å². The third kappa shape index (κ3) is 7.10. The van der Waals surface area contributed by atoms with Gasteiger partial charge in [0.15, 0.2) is 4.11 Å². The predicted molar refractivity (Wildman–Crippen MR) is 59.4 cm³/mol. The molecule has 5 heteroatoms. The molecule has 0 aromatic carbocycles. The summed E-state index contributed by atoms with van der Waals surface area (Å²) in [6, 6.07) is 0. The van der Waals surface area contributed by atoms with Gasteiger partial charge in [0.2, 0.25) is 0 Å². The van der Waals surface area contributed by atoms with Gasteiger partial charge < -0.3 is 9.47 Å². The van der Waals surface area contributed by atoms with Crippen LogP contribution in [0.2, 0.25) is 0 Å². The molecule has 1 unspecified atom stereocenters. The second-order valence-corrected chi connectivity index (χ2v) is 4.37. The van der Waals surface area contributed by atoms with Crippen molar-refractivity contribution in [2.45, 2.75) is 24.1 Å². The van der Waals surface area contributed by atoms with Crippen LogP contribution in [0.4, 0.5) is 4.79 Å². The van der Waals surface area contributed by atoms with Crippen molar-refractivity contribution in [3.8, 4) is 0 Å². The first-order valence-electron chi connectivity index (χ1n) is 3.13. The summed E-state index contributed by atoms with van der Waals surface area (Å²) in [5.41, 5.74) is 0. The maximum Gasteiger partial charge on any atom is 0.509 e. The molecule has 1 atom stereocenters. The molecule has 0 N–H and O–H groups in total. The maximum absolute atomic E-state index is 10.8. The van der Waals surface area contributed by atoms with Gasteiger partial charge in [0.25, 0.3) is 0 Å². The third-order valence-corrected chi connectivity index (χ3v) is 3.86. The minimum Gasteiger partial charge on any atom is -0.432 e. The van der Waals surface area contributed by atoms with E-state index in [2.05, 4.69) is 22.6 Å². The fourth-order valence-electron chi connectivity index (χ4n) is 0.356. The maximum atomic E-state index is 10.8. The number of hydrogen-bond acceptors (Lipinski definition) is 3. The molecule has 0 aliphatic heterocycles. The quantitative estimate of drug-likeness (QED) is 0.427. The number of rotatable bonds is 3. The van der Waals surface area contributed by atoms with Gasteiger partial charge in [0.1, 0.15) is 0 Å². The highest BCUT2D eigenvalue weighted by Gasteiger charge is 2.11. The number of alkyl halides is 2. The smallest absolute Gasteiger partial charge is 0.432 e. The highest BCUT2D eigenvalue weighted by molar-refractivity contribution is 14.1. The Morgan fingerprint density at radius 1 is 1.45 bits per heavy atom. The number of ether oxygens (including phenoxy) is 2. The largest absolute Gasteiger partial charge is 0.509 e. The molecule has 0 aliphatic carbocycles. The second kappa shape index (κ2) is 6.27. The van der Waals surface area contributed by atoms with E-state index in [0.29, 0.717) is 0 Å². The summed E-state index contributed by atoms with van der Waals surface area (Å²) in [4.78, 5) is 10.8. The van der Waals surface area contributed by atoms with Crippen molar-refractivity contribution < 1.29 is 14.3 Å². The van der Waals surface area contributed by atoms with Crippen LogP contribution in [-0.2, 0) is 9.47 Å². The van der Waals surface area contributed by atoms with Crippen LogP contribution in [-0.4, -0.2) is 20.8 Å². The molecule has 0 radical (unpaired) electrons. The third-order valence-electron chi connectivity index (χ3n) is 0.677. The van der Waals surface area contributed by atoms with Crippen molar-refractivity contribution in [1.82, 2.24) is 0 Å². The van der Waals surface area contributed by atoms with Gasteiger partial charge >= 0.3 is 6.16 Å². The molecule has 0 aliphatic rings. The Hall–Kier alpha value is 0.730. The van der Waals surface area contributed by atoms with E-state index in [4.69, 9.17) is 9.47 Å².